The van der Waals surface area contributed by atoms with Crippen LogP contribution in [0.5, 0.6) is 11.6 Å². The fourth-order valence-electron chi connectivity index (χ4n) is 1.66. The van der Waals surface area contributed by atoms with Crippen LogP contribution < -0.4 is 16.2 Å². The van der Waals surface area contributed by atoms with Gasteiger partial charge >= 0.3 is 0 Å². The first-order valence-electron chi connectivity index (χ1n) is 6.01. The van der Waals surface area contributed by atoms with Crippen LogP contribution in [0.15, 0.2) is 24.5 Å². The fourth-order valence-corrected chi connectivity index (χ4v) is 1.85. The van der Waals surface area contributed by atoms with Crippen LogP contribution in [0.3, 0.4) is 0 Å². The lowest BCUT2D eigenvalue weighted by Crippen LogP contribution is -2.11. The number of nitrogens with two attached hydrogens (primary N) is 2. The van der Waals surface area contributed by atoms with Crippen molar-refractivity contribution in [3.63, 3.8) is 0 Å². The molecular weight excluding hydrogens is 283 g/mol. The second kappa shape index (κ2) is 6.02. The van der Waals surface area contributed by atoms with Crippen molar-refractivity contribution < 1.29 is 9.13 Å². The van der Waals surface area contributed by atoms with Crippen molar-refractivity contribution in [3.8, 4) is 11.6 Å². The Morgan fingerprint density at radius 2 is 2.15 bits per heavy atom. The minimum Gasteiger partial charge on any atom is -0.434 e. The monoisotopic (exact) mass is 296 g/mol. The Morgan fingerprint density at radius 1 is 1.40 bits per heavy atom. The molecule has 0 unspecified atom stereocenters. The molecule has 1 aromatic carbocycles. The molecule has 1 atom stereocenters. The topological polar surface area (TPSA) is 87.0 Å². The minimum atomic E-state index is -0.593. The van der Waals surface area contributed by atoms with Crippen molar-refractivity contribution >= 4 is 17.4 Å². The number of hydrogen-bond acceptors (Lipinski definition) is 5. The summed E-state index contributed by atoms with van der Waals surface area (Å²) in [7, 11) is 0. The minimum absolute atomic E-state index is 0.112. The number of nitrogen functional groups attached to an aromatic ring is 1. The Bertz CT molecular complexity index is 623. The molecule has 0 spiro atoms. The van der Waals surface area contributed by atoms with Crippen LogP contribution in [0.1, 0.15) is 24.9 Å². The van der Waals surface area contributed by atoms with Gasteiger partial charge in [0.1, 0.15) is 12.1 Å². The van der Waals surface area contributed by atoms with Crippen LogP contribution in [0.2, 0.25) is 5.02 Å². The van der Waals surface area contributed by atoms with Gasteiger partial charge in [-0.25, -0.2) is 14.4 Å². The van der Waals surface area contributed by atoms with Gasteiger partial charge in [0.2, 0.25) is 5.88 Å². The highest BCUT2D eigenvalue weighted by Gasteiger charge is 2.18. The molecule has 4 N–H and O–H groups in total. The zero-order chi connectivity index (χ0) is 14.7. The van der Waals surface area contributed by atoms with Crippen LogP contribution in [0.4, 0.5) is 10.2 Å². The molecule has 0 aliphatic carbocycles. The fraction of sp³-hybridized carbons (Fsp3) is 0.231. The summed E-state index contributed by atoms with van der Waals surface area (Å²) in [4.78, 5) is 7.57. The maximum atomic E-state index is 14.4. The number of benzene rings is 1. The first kappa shape index (κ1) is 14.5. The number of halogens is 2. The average molecular weight is 297 g/mol. The highest BCUT2D eigenvalue weighted by molar-refractivity contribution is 6.32. The van der Waals surface area contributed by atoms with Gasteiger partial charge in [-0.1, -0.05) is 24.6 Å². The van der Waals surface area contributed by atoms with E-state index in [0.717, 1.165) is 0 Å². The van der Waals surface area contributed by atoms with E-state index in [4.69, 9.17) is 27.8 Å². The molecule has 0 saturated carbocycles. The maximum absolute atomic E-state index is 14.4. The quantitative estimate of drug-likeness (QED) is 0.905. The van der Waals surface area contributed by atoms with E-state index in [2.05, 4.69) is 9.97 Å². The summed E-state index contributed by atoms with van der Waals surface area (Å²) in [6.07, 6.45) is 1.82. The summed E-state index contributed by atoms with van der Waals surface area (Å²) in [6, 6.07) is 4.04. The molecule has 1 heterocycles. The first-order chi connectivity index (χ1) is 9.52. The van der Waals surface area contributed by atoms with Gasteiger partial charge in [-0.3, -0.25) is 0 Å². The number of ether oxygens (including phenoxy) is 1. The first-order valence-corrected chi connectivity index (χ1v) is 6.39. The Labute approximate surface area is 120 Å². The van der Waals surface area contributed by atoms with E-state index in [1.165, 1.54) is 18.5 Å². The summed E-state index contributed by atoms with van der Waals surface area (Å²) in [5.41, 5.74) is 11.7. The van der Waals surface area contributed by atoms with Gasteiger partial charge in [0.25, 0.3) is 0 Å². The number of aromatic nitrogens is 2. The van der Waals surface area contributed by atoms with E-state index in [0.29, 0.717) is 12.0 Å². The summed E-state index contributed by atoms with van der Waals surface area (Å²) < 4.78 is 19.8. The Hall–Kier alpha value is -1.92. The van der Waals surface area contributed by atoms with E-state index in [1.807, 2.05) is 6.92 Å². The molecule has 0 radical (unpaired) electrons. The van der Waals surface area contributed by atoms with E-state index >= 15 is 0 Å². The molecule has 1 aromatic heterocycles. The number of nitrogens with zero attached hydrogens (tertiary/aromatic N) is 2. The molecule has 7 heteroatoms. The third-order valence-electron chi connectivity index (χ3n) is 2.79. The standard InChI is InChI=1S/C13H14ClFN4O/c1-2-9(16)7-3-4-8(14)13(12(7)15)20-11-5-10(17)18-6-19-11/h3-6,9H,2,16H2,1H3,(H2,17,18,19)/t9-/m1/s1. The summed E-state index contributed by atoms with van der Waals surface area (Å²) >= 11 is 5.96. The molecule has 2 aromatic rings. The molecule has 0 amide bonds. The molecule has 106 valence electrons. The lowest BCUT2D eigenvalue weighted by atomic mass is 10.0. The van der Waals surface area contributed by atoms with Gasteiger partial charge in [0, 0.05) is 17.7 Å². The lowest BCUT2D eigenvalue weighted by molar-refractivity contribution is 0.420. The van der Waals surface area contributed by atoms with Crippen molar-refractivity contribution in [2.75, 3.05) is 5.73 Å². The van der Waals surface area contributed by atoms with E-state index < -0.39 is 11.9 Å². The normalized spacial score (nSPS) is 12.2. The van der Waals surface area contributed by atoms with Crippen LogP contribution in [0, 0.1) is 5.82 Å². The number of anilines is 1. The van der Waals surface area contributed by atoms with Gasteiger partial charge in [-0.05, 0) is 12.5 Å². The second-order valence-electron chi connectivity index (χ2n) is 4.18. The zero-order valence-corrected chi connectivity index (χ0v) is 11.6. The van der Waals surface area contributed by atoms with Crippen molar-refractivity contribution in [2.45, 2.75) is 19.4 Å². The van der Waals surface area contributed by atoms with Crippen LogP contribution in [-0.4, -0.2) is 9.97 Å². The van der Waals surface area contributed by atoms with Crippen LogP contribution in [-0.2, 0) is 0 Å². The summed E-state index contributed by atoms with van der Waals surface area (Å²) in [6.45, 7) is 1.87. The predicted octanol–water partition coefficient (Wildman–Crippen LogP) is 3.05. The molecule has 5 nitrogen and oxygen atoms in total. The van der Waals surface area contributed by atoms with E-state index in [9.17, 15) is 4.39 Å². The largest absolute Gasteiger partial charge is 0.434 e. The van der Waals surface area contributed by atoms with Crippen LogP contribution >= 0.6 is 11.6 Å². The number of rotatable bonds is 4. The third kappa shape index (κ3) is 2.97. The van der Waals surface area contributed by atoms with Gasteiger partial charge in [0.15, 0.2) is 11.6 Å². The van der Waals surface area contributed by atoms with Crippen LogP contribution in [0.25, 0.3) is 0 Å². The van der Waals surface area contributed by atoms with Gasteiger partial charge in [-0.15, -0.1) is 0 Å². The molecule has 0 aliphatic heterocycles. The van der Waals surface area contributed by atoms with Gasteiger partial charge < -0.3 is 16.2 Å². The zero-order valence-electron chi connectivity index (χ0n) is 10.8. The second-order valence-corrected chi connectivity index (χ2v) is 4.58. The molecular formula is C13H14ClFN4O. The Morgan fingerprint density at radius 3 is 2.80 bits per heavy atom. The lowest BCUT2D eigenvalue weighted by Gasteiger charge is -2.14. The molecule has 0 aliphatic rings. The SMILES string of the molecule is CC[C@@H](N)c1ccc(Cl)c(Oc2cc(N)ncn2)c1F. The maximum Gasteiger partial charge on any atom is 0.224 e. The molecule has 0 saturated heterocycles. The molecule has 0 bridgehead atoms. The number of hydrogen-bond donors (Lipinski definition) is 2. The highest BCUT2D eigenvalue weighted by Crippen LogP contribution is 2.35. The van der Waals surface area contributed by atoms with Crippen molar-refractivity contribution in [2.24, 2.45) is 5.73 Å². The summed E-state index contributed by atoms with van der Waals surface area (Å²) in [5.74, 6) is -0.385. The average Bonchev–Trinajstić information content (AvgIpc) is 2.43. The van der Waals surface area contributed by atoms with E-state index in [1.54, 1.807) is 6.07 Å². The van der Waals surface area contributed by atoms with E-state index in [-0.39, 0.29) is 22.5 Å². The van der Waals surface area contributed by atoms with Gasteiger partial charge in [-0.2, -0.15) is 0 Å². The predicted molar refractivity (Wildman–Crippen MR) is 75.1 cm³/mol. The van der Waals surface area contributed by atoms with Gasteiger partial charge in [0.05, 0.1) is 5.02 Å². The molecule has 20 heavy (non-hydrogen) atoms. The molecule has 0 fully saturated rings. The Kier molecular flexibility index (Phi) is 4.36. The Balaban J connectivity index is 2.40. The third-order valence-corrected chi connectivity index (χ3v) is 3.09. The highest BCUT2D eigenvalue weighted by atomic mass is 35.5. The van der Waals surface area contributed by atoms with Crippen molar-refractivity contribution in [3.05, 3.63) is 40.9 Å². The van der Waals surface area contributed by atoms with Crippen molar-refractivity contribution in [1.82, 2.24) is 9.97 Å². The summed E-state index contributed by atoms with van der Waals surface area (Å²) in [5, 5.41) is 0.131. The smallest absolute Gasteiger partial charge is 0.224 e. The van der Waals surface area contributed by atoms with Crippen molar-refractivity contribution in [1.29, 1.82) is 0 Å². The molecule has 2 rings (SSSR count).